The monoisotopic (exact) mass is 264 g/mol. The summed E-state index contributed by atoms with van der Waals surface area (Å²) in [6, 6.07) is 0. The molecule has 104 valence electrons. The van der Waals surface area contributed by atoms with Gasteiger partial charge in [0.25, 0.3) is 0 Å². The highest BCUT2D eigenvalue weighted by molar-refractivity contribution is 6.53. The molecule has 0 aliphatic heterocycles. The summed E-state index contributed by atoms with van der Waals surface area (Å²) in [4.78, 5) is 0. The van der Waals surface area contributed by atoms with E-state index in [0.29, 0.717) is 13.2 Å². The van der Waals surface area contributed by atoms with E-state index in [9.17, 15) is 0 Å². The van der Waals surface area contributed by atoms with Crippen molar-refractivity contribution in [3.8, 4) is 0 Å². The van der Waals surface area contributed by atoms with E-state index < -0.39 is 9.05 Å². The summed E-state index contributed by atoms with van der Waals surface area (Å²) in [5.74, 6) is 0. The van der Waals surface area contributed by atoms with Crippen molar-refractivity contribution in [2.75, 3.05) is 13.2 Å². The third kappa shape index (κ3) is 6.52. The van der Waals surface area contributed by atoms with Crippen molar-refractivity contribution in [3.63, 3.8) is 0 Å². The molecule has 0 spiro atoms. The summed E-state index contributed by atoms with van der Waals surface area (Å²) >= 11 is 0. The molecule has 17 heavy (non-hydrogen) atoms. The Kier molecular flexibility index (Phi) is 9.08. The lowest BCUT2D eigenvalue weighted by atomic mass is 10.3. The Hall–Kier alpha value is 0.0569. The van der Waals surface area contributed by atoms with Gasteiger partial charge in [-0.15, -0.1) is 0 Å². The Labute approximate surface area is 107 Å². The van der Waals surface area contributed by atoms with Crippen LogP contribution < -0.4 is 0 Å². The van der Waals surface area contributed by atoms with Crippen LogP contribution in [0.25, 0.3) is 0 Å². The highest BCUT2D eigenvalue weighted by atomic mass is 28.4. The first-order chi connectivity index (χ1) is 8.03. The van der Waals surface area contributed by atoms with Gasteiger partial charge in [-0.25, -0.2) is 0 Å². The van der Waals surface area contributed by atoms with Crippen molar-refractivity contribution in [1.82, 2.24) is 0 Å². The van der Waals surface area contributed by atoms with E-state index in [4.69, 9.17) is 17.7 Å². The Morgan fingerprint density at radius 1 is 0.765 bits per heavy atom. The molecule has 0 aliphatic rings. The predicted molar refractivity (Wildman–Crippen MR) is 70.7 cm³/mol. The predicted octanol–water partition coefficient (Wildman–Crippen LogP) is 3.13. The standard InChI is InChI=1S/C12H28O4Si/c1-7-11(5)15-17(13-9-3,14-10-4)16-12(6)8-2/h11-12H,7-10H2,1-6H3. The van der Waals surface area contributed by atoms with Crippen molar-refractivity contribution in [3.05, 3.63) is 0 Å². The molecule has 0 bridgehead atoms. The van der Waals surface area contributed by atoms with Gasteiger partial charge < -0.3 is 17.7 Å². The molecule has 0 fully saturated rings. The second kappa shape index (κ2) is 9.05. The van der Waals surface area contributed by atoms with Crippen molar-refractivity contribution in [2.45, 2.75) is 66.6 Å². The Bertz CT molecular complexity index is 169. The van der Waals surface area contributed by atoms with Gasteiger partial charge in [0.1, 0.15) is 0 Å². The number of hydrogen-bond donors (Lipinski definition) is 0. The first-order valence-electron chi connectivity index (χ1n) is 6.66. The summed E-state index contributed by atoms with van der Waals surface area (Å²) < 4.78 is 23.2. The van der Waals surface area contributed by atoms with Gasteiger partial charge in [-0.1, -0.05) is 13.8 Å². The molecule has 0 saturated heterocycles. The zero-order valence-electron chi connectivity index (χ0n) is 12.1. The Morgan fingerprint density at radius 3 is 1.35 bits per heavy atom. The van der Waals surface area contributed by atoms with Crippen LogP contribution in [0.4, 0.5) is 0 Å². The third-order valence-electron chi connectivity index (χ3n) is 2.48. The van der Waals surface area contributed by atoms with Gasteiger partial charge in [-0.2, -0.15) is 0 Å². The van der Waals surface area contributed by atoms with Crippen LogP contribution in [0, 0.1) is 0 Å². The molecule has 2 atom stereocenters. The highest BCUT2D eigenvalue weighted by Gasteiger charge is 2.47. The van der Waals surface area contributed by atoms with E-state index in [-0.39, 0.29) is 12.2 Å². The van der Waals surface area contributed by atoms with Gasteiger partial charge in [0.05, 0.1) is 0 Å². The van der Waals surface area contributed by atoms with E-state index in [1.54, 1.807) is 0 Å². The fourth-order valence-electron chi connectivity index (χ4n) is 1.22. The van der Waals surface area contributed by atoms with E-state index in [2.05, 4.69) is 13.8 Å². The molecule has 0 N–H and O–H groups in total. The summed E-state index contributed by atoms with van der Waals surface area (Å²) in [7, 11) is -2.96. The number of rotatable bonds is 10. The second-order valence-electron chi connectivity index (χ2n) is 4.04. The normalized spacial score (nSPS) is 15.9. The first kappa shape index (κ1) is 17.1. The van der Waals surface area contributed by atoms with Crippen molar-refractivity contribution < 1.29 is 17.7 Å². The minimum absolute atomic E-state index is 0.0869. The first-order valence-corrected chi connectivity index (χ1v) is 8.30. The zero-order chi connectivity index (χ0) is 13.3. The Balaban J connectivity index is 4.70. The highest BCUT2D eigenvalue weighted by Crippen LogP contribution is 2.19. The zero-order valence-corrected chi connectivity index (χ0v) is 13.1. The molecule has 0 aromatic carbocycles. The average Bonchev–Trinajstić information content (AvgIpc) is 2.29. The van der Waals surface area contributed by atoms with Crippen LogP contribution in [0.1, 0.15) is 54.4 Å². The average molecular weight is 264 g/mol. The second-order valence-corrected chi connectivity index (χ2v) is 6.09. The molecular weight excluding hydrogens is 236 g/mol. The molecular formula is C12H28O4Si. The van der Waals surface area contributed by atoms with E-state index in [1.165, 1.54) is 0 Å². The van der Waals surface area contributed by atoms with Crippen LogP contribution in [-0.2, 0) is 17.7 Å². The minimum Gasteiger partial charge on any atom is -0.351 e. The summed E-state index contributed by atoms with van der Waals surface area (Å²) in [6.45, 7) is 13.1. The van der Waals surface area contributed by atoms with Gasteiger partial charge in [0, 0.05) is 25.4 Å². The lowest BCUT2D eigenvalue weighted by molar-refractivity contribution is -0.0657. The quantitative estimate of drug-likeness (QED) is 0.568. The maximum atomic E-state index is 5.91. The molecule has 0 radical (unpaired) electrons. The van der Waals surface area contributed by atoms with Gasteiger partial charge >= 0.3 is 9.05 Å². The lowest BCUT2D eigenvalue weighted by Crippen LogP contribution is -2.52. The fourth-order valence-corrected chi connectivity index (χ4v) is 3.66. The molecule has 0 aromatic heterocycles. The van der Waals surface area contributed by atoms with E-state index >= 15 is 0 Å². The summed E-state index contributed by atoms with van der Waals surface area (Å²) in [6.07, 6.45) is 2.00. The van der Waals surface area contributed by atoms with Crippen LogP contribution in [0.5, 0.6) is 0 Å². The van der Waals surface area contributed by atoms with Crippen LogP contribution >= 0.6 is 0 Å². The van der Waals surface area contributed by atoms with Crippen LogP contribution in [0.2, 0.25) is 0 Å². The van der Waals surface area contributed by atoms with Crippen molar-refractivity contribution in [1.29, 1.82) is 0 Å². The molecule has 4 nitrogen and oxygen atoms in total. The molecule has 0 amide bonds. The SMILES string of the molecule is CCO[Si](OCC)(OC(C)CC)OC(C)CC. The summed E-state index contributed by atoms with van der Waals surface area (Å²) in [5.41, 5.74) is 0. The van der Waals surface area contributed by atoms with Gasteiger partial charge in [-0.05, 0) is 40.5 Å². The molecule has 5 heteroatoms. The van der Waals surface area contributed by atoms with Crippen LogP contribution in [-0.4, -0.2) is 34.5 Å². The fraction of sp³-hybridized carbons (Fsp3) is 1.00. The maximum absolute atomic E-state index is 5.91. The molecule has 0 aliphatic carbocycles. The van der Waals surface area contributed by atoms with Crippen LogP contribution in [0.15, 0.2) is 0 Å². The van der Waals surface area contributed by atoms with E-state index in [0.717, 1.165) is 12.8 Å². The summed E-state index contributed by atoms with van der Waals surface area (Å²) in [5, 5.41) is 0. The maximum Gasteiger partial charge on any atom is 0.680 e. The molecule has 0 aromatic rings. The lowest BCUT2D eigenvalue weighted by Gasteiger charge is -2.31. The molecule has 0 rings (SSSR count). The van der Waals surface area contributed by atoms with E-state index in [1.807, 2.05) is 27.7 Å². The number of hydrogen-bond acceptors (Lipinski definition) is 4. The van der Waals surface area contributed by atoms with Gasteiger partial charge in [0.15, 0.2) is 0 Å². The minimum atomic E-state index is -2.96. The topological polar surface area (TPSA) is 36.9 Å². The van der Waals surface area contributed by atoms with Crippen molar-refractivity contribution in [2.24, 2.45) is 0 Å². The Morgan fingerprint density at radius 2 is 1.12 bits per heavy atom. The van der Waals surface area contributed by atoms with Crippen LogP contribution in [0.3, 0.4) is 0 Å². The smallest absolute Gasteiger partial charge is 0.351 e. The van der Waals surface area contributed by atoms with Gasteiger partial charge in [-0.3, -0.25) is 0 Å². The van der Waals surface area contributed by atoms with Crippen molar-refractivity contribution >= 4 is 9.05 Å². The molecule has 0 saturated carbocycles. The third-order valence-corrected chi connectivity index (χ3v) is 5.15. The molecule has 0 heterocycles. The molecule has 2 unspecified atom stereocenters. The largest absolute Gasteiger partial charge is 0.680 e. The van der Waals surface area contributed by atoms with Gasteiger partial charge in [0.2, 0.25) is 0 Å².